The molecule has 6 heteroatoms. The van der Waals surface area contributed by atoms with Crippen molar-refractivity contribution in [1.82, 2.24) is 5.32 Å². The van der Waals surface area contributed by atoms with E-state index in [1.165, 1.54) is 0 Å². The summed E-state index contributed by atoms with van der Waals surface area (Å²) >= 11 is 5.84. The summed E-state index contributed by atoms with van der Waals surface area (Å²) in [4.78, 5) is 22.9. The minimum absolute atomic E-state index is 0.145. The highest BCUT2D eigenvalue weighted by Crippen LogP contribution is 2.17. The predicted molar refractivity (Wildman–Crippen MR) is 87.0 cm³/mol. The van der Waals surface area contributed by atoms with Crippen LogP contribution in [0.5, 0.6) is 0 Å². The normalized spacial score (nSPS) is 11.5. The maximum absolute atomic E-state index is 12.2. The molecule has 2 aromatic rings. The van der Waals surface area contributed by atoms with Crippen LogP contribution in [0.2, 0.25) is 5.02 Å². The fourth-order valence-electron chi connectivity index (χ4n) is 1.96. The molecule has 2 rings (SSSR count). The number of benzene rings is 2. The second kappa shape index (κ2) is 6.95. The zero-order chi connectivity index (χ0) is 16.1. The summed E-state index contributed by atoms with van der Waals surface area (Å²) in [6, 6.07) is 13.0. The van der Waals surface area contributed by atoms with E-state index >= 15 is 0 Å². The molecular formula is C16H16ClN3O2. The first-order chi connectivity index (χ1) is 10.5. The summed E-state index contributed by atoms with van der Waals surface area (Å²) in [6.45, 7) is 1.89. The highest BCUT2D eigenvalue weighted by atomic mass is 35.5. The number of nitrogens with one attached hydrogen (secondary N) is 2. The Morgan fingerprint density at radius 1 is 1.05 bits per heavy atom. The Bertz CT molecular complexity index is 669. The lowest BCUT2D eigenvalue weighted by molar-refractivity contribution is 0.0940. The van der Waals surface area contributed by atoms with Gasteiger partial charge >= 0.3 is 6.03 Å². The third-order valence-corrected chi connectivity index (χ3v) is 3.38. The van der Waals surface area contributed by atoms with E-state index in [1.54, 1.807) is 36.4 Å². The third-order valence-electron chi connectivity index (χ3n) is 3.13. The molecule has 0 aliphatic carbocycles. The van der Waals surface area contributed by atoms with Crippen LogP contribution in [0.1, 0.15) is 28.9 Å². The fraction of sp³-hybridized carbons (Fsp3) is 0.125. The Labute approximate surface area is 133 Å². The van der Waals surface area contributed by atoms with Gasteiger partial charge in [-0.15, -0.1) is 0 Å². The fourth-order valence-corrected chi connectivity index (χ4v) is 2.09. The smallest absolute Gasteiger partial charge is 0.316 e. The van der Waals surface area contributed by atoms with Gasteiger partial charge in [-0.2, -0.15) is 0 Å². The molecule has 3 amide bonds. The first-order valence-corrected chi connectivity index (χ1v) is 7.06. The van der Waals surface area contributed by atoms with Gasteiger partial charge in [0.2, 0.25) is 0 Å². The highest BCUT2D eigenvalue weighted by molar-refractivity contribution is 6.30. The van der Waals surface area contributed by atoms with Crippen molar-refractivity contribution in [3.05, 3.63) is 64.7 Å². The van der Waals surface area contributed by atoms with Gasteiger partial charge in [-0.1, -0.05) is 23.7 Å². The van der Waals surface area contributed by atoms with Gasteiger partial charge in [0.1, 0.15) is 0 Å². The Kier molecular flexibility index (Phi) is 5.01. The van der Waals surface area contributed by atoms with E-state index in [9.17, 15) is 9.59 Å². The summed E-state index contributed by atoms with van der Waals surface area (Å²) < 4.78 is 0. The van der Waals surface area contributed by atoms with Crippen molar-refractivity contribution in [1.29, 1.82) is 0 Å². The van der Waals surface area contributed by atoms with Gasteiger partial charge < -0.3 is 16.4 Å². The maximum atomic E-state index is 12.2. The largest absolute Gasteiger partial charge is 0.351 e. The highest BCUT2D eigenvalue weighted by Gasteiger charge is 2.11. The minimum atomic E-state index is -0.645. The summed E-state index contributed by atoms with van der Waals surface area (Å²) in [6.07, 6.45) is 0. The number of primary amides is 1. The zero-order valence-corrected chi connectivity index (χ0v) is 12.7. The SMILES string of the molecule is C[C@@H](NC(=O)c1ccc(NC(N)=O)cc1)c1ccc(Cl)cc1. The average molecular weight is 318 g/mol. The molecule has 0 radical (unpaired) electrons. The minimum Gasteiger partial charge on any atom is -0.351 e. The van der Waals surface area contributed by atoms with Crippen LogP contribution >= 0.6 is 11.6 Å². The lowest BCUT2D eigenvalue weighted by Crippen LogP contribution is -2.26. The topological polar surface area (TPSA) is 84.2 Å². The van der Waals surface area contributed by atoms with Gasteiger partial charge in [-0.3, -0.25) is 4.79 Å². The molecule has 5 nitrogen and oxygen atoms in total. The van der Waals surface area contributed by atoms with Crippen molar-refractivity contribution in [3.63, 3.8) is 0 Å². The van der Waals surface area contributed by atoms with Crippen LogP contribution in [0.15, 0.2) is 48.5 Å². The molecule has 114 valence electrons. The Balaban J connectivity index is 2.02. The summed E-state index contributed by atoms with van der Waals surface area (Å²) in [5, 5.41) is 5.99. The second-order valence-corrected chi connectivity index (χ2v) is 5.25. The van der Waals surface area contributed by atoms with Gasteiger partial charge in [-0.25, -0.2) is 4.79 Å². The summed E-state index contributed by atoms with van der Waals surface area (Å²) in [5.41, 5.74) is 7.02. The number of urea groups is 1. The quantitative estimate of drug-likeness (QED) is 0.808. The first-order valence-electron chi connectivity index (χ1n) is 6.68. The van der Waals surface area contributed by atoms with Crippen LogP contribution in [0.3, 0.4) is 0 Å². The van der Waals surface area contributed by atoms with Crippen molar-refractivity contribution < 1.29 is 9.59 Å². The van der Waals surface area contributed by atoms with Crippen molar-refractivity contribution in [2.45, 2.75) is 13.0 Å². The van der Waals surface area contributed by atoms with Crippen molar-refractivity contribution in [2.75, 3.05) is 5.32 Å². The number of amides is 3. The van der Waals surface area contributed by atoms with E-state index in [0.29, 0.717) is 16.3 Å². The number of hydrogen-bond acceptors (Lipinski definition) is 2. The molecule has 4 N–H and O–H groups in total. The first kappa shape index (κ1) is 15.9. The van der Waals surface area contributed by atoms with Crippen molar-refractivity contribution >= 4 is 29.2 Å². The number of carbonyl (C=O) groups excluding carboxylic acids is 2. The molecule has 0 unspecified atom stereocenters. The standard InChI is InChI=1S/C16H16ClN3O2/c1-10(11-2-6-13(17)7-3-11)19-15(21)12-4-8-14(9-5-12)20-16(18)22/h2-10H,1H3,(H,19,21)(H3,18,20,22)/t10-/m1/s1. The molecule has 0 saturated heterocycles. The summed E-state index contributed by atoms with van der Waals surface area (Å²) in [5.74, 6) is -0.201. The van der Waals surface area contributed by atoms with Gasteiger partial charge in [-0.05, 0) is 48.9 Å². The van der Waals surface area contributed by atoms with Gasteiger partial charge in [0, 0.05) is 16.3 Å². The van der Waals surface area contributed by atoms with Crippen molar-refractivity contribution in [2.24, 2.45) is 5.73 Å². The zero-order valence-electron chi connectivity index (χ0n) is 12.0. The van der Waals surface area contributed by atoms with Gasteiger partial charge in [0.15, 0.2) is 0 Å². The van der Waals surface area contributed by atoms with Gasteiger partial charge in [0.25, 0.3) is 5.91 Å². The van der Waals surface area contributed by atoms with E-state index < -0.39 is 6.03 Å². The van der Waals surface area contributed by atoms with E-state index in [-0.39, 0.29) is 11.9 Å². The van der Waals surface area contributed by atoms with Crippen LogP contribution in [0.4, 0.5) is 10.5 Å². The van der Waals surface area contributed by atoms with Crippen LogP contribution < -0.4 is 16.4 Å². The van der Waals surface area contributed by atoms with E-state index in [4.69, 9.17) is 17.3 Å². The van der Waals surface area contributed by atoms with Crippen LogP contribution in [-0.4, -0.2) is 11.9 Å². The second-order valence-electron chi connectivity index (χ2n) is 4.81. The van der Waals surface area contributed by atoms with E-state index in [1.807, 2.05) is 19.1 Å². The van der Waals surface area contributed by atoms with Gasteiger partial charge in [0.05, 0.1) is 6.04 Å². The molecule has 22 heavy (non-hydrogen) atoms. The predicted octanol–water partition coefficient (Wildman–Crippen LogP) is 3.32. The Hall–Kier alpha value is -2.53. The number of rotatable bonds is 4. The Morgan fingerprint density at radius 2 is 1.64 bits per heavy atom. The third kappa shape index (κ3) is 4.23. The number of anilines is 1. The molecule has 0 spiro atoms. The lowest BCUT2D eigenvalue weighted by atomic mass is 10.1. The number of halogens is 1. The number of carbonyl (C=O) groups is 2. The molecule has 0 aliphatic rings. The lowest BCUT2D eigenvalue weighted by Gasteiger charge is -2.14. The average Bonchev–Trinajstić information content (AvgIpc) is 2.48. The monoisotopic (exact) mass is 317 g/mol. The Morgan fingerprint density at radius 3 is 2.18 bits per heavy atom. The maximum Gasteiger partial charge on any atom is 0.316 e. The molecular weight excluding hydrogens is 302 g/mol. The molecule has 0 saturated carbocycles. The molecule has 0 bridgehead atoms. The summed E-state index contributed by atoms with van der Waals surface area (Å²) in [7, 11) is 0. The van der Waals surface area contributed by atoms with E-state index in [0.717, 1.165) is 5.56 Å². The number of nitrogens with two attached hydrogens (primary N) is 1. The number of hydrogen-bond donors (Lipinski definition) is 3. The van der Waals surface area contributed by atoms with Crippen LogP contribution in [0.25, 0.3) is 0 Å². The van der Waals surface area contributed by atoms with Crippen LogP contribution in [-0.2, 0) is 0 Å². The molecule has 0 aromatic heterocycles. The van der Waals surface area contributed by atoms with E-state index in [2.05, 4.69) is 10.6 Å². The van der Waals surface area contributed by atoms with Crippen molar-refractivity contribution in [3.8, 4) is 0 Å². The molecule has 0 heterocycles. The molecule has 0 aliphatic heterocycles. The van der Waals surface area contributed by atoms with Crippen LogP contribution in [0, 0.1) is 0 Å². The molecule has 0 fully saturated rings. The molecule has 2 aromatic carbocycles. The molecule has 1 atom stereocenters.